The number of methoxy groups -OCH3 is 1. The maximum atomic E-state index is 13.2. The van der Waals surface area contributed by atoms with Gasteiger partial charge in [0.2, 0.25) is 10.0 Å². The predicted molar refractivity (Wildman–Crippen MR) is 139 cm³/mol. The Kier molecular flexibility index (Phi) is 6.56. The lowest BCUT2D eigenvalue weighted by atomic mass is 10.0. The summed E-state index contributed by atoms with van der Waals surface area (Å²) in [6.45, 7) is 2.57. The van der Waals surface area contributed by atoms with Gasteiger partial charge in [-0.05, 0) is 59.4 Å². The normalized spacial score (nSPS) is 18.3. The summed E-state index contributed by atoms with van der Waals surface area (Å²) >= 11 is 0. The second-order valence-electron chi connectivity index (χ2n) is 9.03. The Hall–Kier alpha value is -3.26. The Balaban J connectivity index is 1.35. The highest BCUT2D eigenvalue weighted by molar-refractivity contribution is 7.89. The lowest BCUT2D eigenvalue weighted by molar-refractivity contribution is 0.186. The molecule has 1 aromatic heterocycles. The van der Waals surface area contributed by atoms with E-state index in [1.165, 1.54) is 11.1 Å². The number of rotatable bonds is 8. The molecule has 0 amide bonds. The Labute approximate surface area is 206 Å². The highest BCUT2D eigenvalue weighted by Crippen LogP contribution is 2.33. The van der Waals surface area contributed by atoms with Crippen molar-refractivity contribution in [2.24, 2.45) is 0 Å². The second kappa shape index (κ2) is 9.77. The van der Waals surface area contributed by atoms with Crippen molar-refractivity contribution in [2.75, 3.05) is 19.0 Å². The van der Waals surface area contributed by atoms with Crippen LogP contribution in [0.3, 0.4) is 0 Å². The van der Waals surface area contributed by atoms with Crippen LogP contribution in [0.1, 0.15) is 35.6 Å². The highest BCUT2D eigenvalue weighted by Gasteiger charge is 2.32. The number of ether oxygens (including phenoxy) is 1. The quantitative estimate of drug-likeness (QED) is 0.364. The molecule has 180 valence electrons. The Morgan fingerprint density at radius 2 is 1.77 bits per heavy atom. The first kappa shape index (κ1) is 23.5. The summed E-state index contributed by atoms with van der Waals surface area (Å²) in [4.78, 5) is 4.95. The summed E-state index contributed by atoms with van der Waals surface area (Å²) in [5.74, 6) is 0.830. The van der Waals surface area contributed by atoms with Crippen molar-refractivity contribution in [3.05, 3.63) is 102 Å². The van der Waals surface area contributed by atoms with Gasteiger partial charge >= 0.3 is 0 Å². The third-order valence-electron chi connectivity index (χ3n) is 6.72. The molecule has 0 radical (unpaired) electrons. The number of nitrogens with zero attached hydrogens (tertiary/aromatic N) is 1. The van der Waals surface area contributed by atoms with Gasteiger partial charge in [-0.15, -0.1) is 0 Å². The van der Waals surface area contributed by atoms with E-state index in [2.05, 4.69) is 29.1 Å². The molecule has 6 nitrogen and oxygen atoms in total. The van der Waals surface area contributed by atoms with Gasteiger partial charge in [-0.25, -0.2) is 18.1 Å². The Bertz CT molecular complexity index is 1440. The molecule has 4 aromatic rings. The number of pyridine rings is 1. The van der Waals surface area contributed by atoms with Crippen molar-refractivity contribution >= 4 is 26.7 Å². The lowest BCUT2D eigenvalue weighted by Crippen LogP contribution is -2.37. The van der Waals surface area contributed by atoms with Crippen LogP contribution in [-0.4, -0.2) is 33.2 Å². The van der Waals surface area contributed by atoms with Gasteiger partial charge in [0.15, 0.2) is 0 Å². The monoisotopic (exact) mass is 487 g/mol. The zero-order valence-electron chi connectivity index (χ0n) is 19.8. The summed E-state index contributed by atoms with van der Waals surface area (Å²) in [7, 11) is -2.00. The number of fused-ring (bicyclic) bond motifs is 2. The van der Waals surface area contributed by atoms with E-state index in [-0.39, 0.29) is 22.9 Å². The number of hydrogen-bond donors (Lipinski definition) is 2. The average Bonchev–Trinajstić information content (AvgIpc) is 3.18. The minimum Gasteiger partial charge on any atom is -0.382 e. The van der Waals surface area contributed by atoms with Gasteiger partial charge in [-0.3, -0.25) is 0 Å². The van der Waals surface area contributed by atoms with Crippen LogP contribution < -0.4 is 10.0 Å². The molecule has 3 atom stereocenters. The summed E-state index contributed by atoms with van der Waals surface area (Å²) in [5, 5.41) is 4.20. The molecule has 0 aliphatic heterocycles. The van der Waals surface area contributed by atoms with Crippen molar-refractivity contribution < 1.29 is 13.2 Å². The molecule has 2 N–H and O–H groups in total. The maximum absolute atomic E-state index is 13.2. The summed E-state index contributed by atoms with van der Waals surface area (Å²) in [6.07, 6.45) is 0.699. The molecular weight excluding hydrogens is 458 g/mol. The number of hydrogen-bond acceptors (Lipinski definition) is 5. The van der Waals surface area contributed by atoms with E-state index in [1.807, 2.05) is 54.6 Å². The van der Waals surface area contributed by atoms with Gasteiger partial charge in [0, 0.05) is 18.5 Å². The molecule has 0 spiro atoms. The van der Waals surface area contributed by atoms with Crippen LogP contribution in [-0.2, 0) is 21.2 Å². The van der Waals surface area contributed by atoms with E-state index < -0.39 is 10.0 Å². The van der Waals surface area contributed by atoms with Gasteiger partial charge in [0.1, 0.15) is 5.82 Å². The van der Waals surface area contributed by atoms with Crippen molar-refractivity contribution in [1.82, 2.24) is 9.71 Å². The van der Waals surface area contributed by atoms with Crippen LogP contribution in [0, 0.1) is 0 Å². The van der Waals surface area contributed by atoms with Gasteiger partial charge in [-0.2, -0.15) is 0 Å². The molecule has 1 heterocycles. The zero-order chi connectivity index (χ0) is 24.4. The molecular formula is C28H29N3O3S. The largest absolute Gasteiger partial charge is 0.382 e. The van der Waals surface area contributed by atoms with Crippen molar-refractivity contribution in [1.29, 1.82) is 0 Å². The lowest BCUT2D eigenvalue weighted by Gasteiger charge is -2.19. The van der Waals surface area contributed by atoms with Gasteiger partial charge in [-0.1, -0.05) is 61.5 Å². The number of nitrogens with one attached hydrogen (secondary N) is 2. The van der Waals surface area contributed by atoms with E-state index in [4.69, 9.17) is 9.72 Å². The van der Waals surface area contributed by atoms with Gasteiger partial charge in [0.05, 0.1) is 23.1 Å². The minimum atomic E-state index is -3.67. The van der Waals surface area contributed by atoms with E-state index in [0.717, 1.165) is 16.5 Å². The number of aromatic nitrogens is 1. The van der Waals surface area contributed by atoms with Crippen molar-refractivity contribution in [3.63, 3.8) is 0 Å². The van der Waals surface area contributed by atoms with E-state index in [1.54, 1.807) is 25.3 Å². The van der Waals surface area contributed by atoms with Crippen LogP contribution in [0.4, 0.5) is 5.82 Å². The molecule has 1 aliphatic rings. The van der Waals surface area contributed by atoms with Crippen LogP contribution in [0.2, 0.25) is 0 Å². The topological polar surface area (TPSA) is 80.3 Å². The summed E-state index contributed by atoms with van der Waals surface area (Å²) in [6, 6.07) is 26.8. The molecule has 1 unspecified atom stereocenters. The number of benzene rings is 3. The van der Waals surface area contributed by atoms with Gasteiger partial charge < -0.3 is 10.1 Å². The van der Waals surface area contributed by atoms with Crippen LogP contribution in [0.15, 0.2) is 89.8 Å². The molecule has 0 fully saturated rings. The molecule has 0 bridgehead atoms. The fraction of sp³-hybridized carbons (Fsp3) is 0.250. The predicted octanol–water partition coefficient (Wildman–Crippen LogP) is 5.04. The van der Waals surface area contributed by atoms with Crippen molar-refractivity contribution in [2.45, 2.75) is 36.2 Å². The first-order valence-corrected chi connectivity index (χ1v) is 13.2. The molecule has 35 heavy (non-hydrogen) atoms. The average molecular weight is 488 g/mol. The third kappa shape index (κ3) is 4.93. The Morgan fingerprint density at radius 1 is 1.00 bits per heavy atom. The first-order chi connectivity index (χ1) is 16.9. The summed E-state index contributed by atoms with van der Waals surface area (Å²) < 4.78 is 34.7. The standard InChI is InChI=1S/C28H29N3O3S/c1-19-24-11-7-6-10-21(24)17-26(19)31-35(32,33)23-13-14-25-22(16-23)12-15-28(29-25)30-27(18-34-2)20-8-4-3-5-9-20/h3-16,19,26-27,31H,17-18H2,1-2H3,(H,29,30)/t19-,26+,27?/m0/s1. The number of sulfonamides is 1. The molecule has 0 saturated carbocycles. The molecule has 5 rings (SSSR count). The molecule has 3 aromatic carbocycles. The number of anilines is 1. The molecule has 7 heteroatoms. The Morgan fingerprint density at radius 3 is 2.54 bits per heavy atom. The SMILES string of the molecule is COCC(Nc1ccc2cc(S(=O)(=O)N[C@@H]3Cc4ccccc4[C@@H]3C)ccc2n1)c1ccccc1. The fourth-order valence-corrected chi connectivity index (χ4v) is 6.16. The first-order valence-electron chi connectivity index (χ1n) is 11.8. The van der Waals surface area contributed by atoms with E-state index >= 15 is 0 Å². The van der Waals surface area contributed by atoms with E-state index in [9.17, 15) is 8.42 Å². The van der Waals surface area contributed by atoms with Gasteiger partial charge in [0.25, 0.3) is 0 Å². The maximum Gasteiger partial charge on any atom is 0.240 e. The smallest absolute Gasteiger partial charge is 0.240 e. The highest BCUT2D eigenvalue weighted by atomic mass is 32.2. The van der Waals surface area contributed by atoms with Crippen LogP contribution >= 0.6 is 0 Å². The van der Waals surface area contributed by atoms with E-state index in [0.29, 0.717) is 18.8 Å². The molecule has 0 saturated heterocycles. The minimum absolute atomic E-state index is 0.0486. The second-order valence-corrected chi connectivity index (χ2v) is 10.7. The molecule has 1 aliphatic carbocycles. The zero-order valence-corrected chi connectivity index (χ0v) is 20.6. The van der Waals surface area contributed by atoms with Crippen LogP contribution in [0.25, 0.3) is 10.9 Å². The van der Waals surface area contributed by atoms with Crippen molar-refractivity contribution in [3.8, 4) is 0 Å². The van der Waals surface area contributed by atoms with Crippen LogP contribution in [0.5, 0.6) is 0 Å². The summed E-state index contributed by atoms with van der Waals surface area (Å²) in [5.41, 5.74) is 4.25. The fourth-order valence-electron chi connectivity index (χ4n) is 4.81. The third-order valence-corrected chi connectivity index (χ3v) is 8.21.